The van der Waals surface area contributed by atoms with Crippen molar-refractivity contribution in [1.29, 1.82) is 0 Å². The Kier molecular flexibility index (Phi) is 6.95. The second-order valence-corrected chi connectivity index (χ2v) is 6.02. The molecular weight excluding hydrogens is 258 g/mol. The Bertz CT molecular complexity index is 320. The SMILES string of the molecule is CC(C)(C)NCCC(=O)NCCC(=O)N1CCOCC1. The van der Waals surface area contributed by atoms with Gasteiger partial charge in [-0.3, -0.25) is 9.59 Å². The maximum Gasteiger partial charge on any atom is 0.224 e. The Labute approximate surface area is 121 Å². The molecule has 0 aromatic heterocycles. The van der Waals surface area contributed by atoms with E-state index in [2.05, 4.69) is 31.4 Å². The van der Waals surface area contributed by atoms with Gasteiger partial charge in [0.15, 0.2) is 0 Å². The lowest BCUT2D eigenvalue weighted by Crippen LogP contribution is -2.42. The second kappa shape index (κ2) is 8.21. The molecule has 116 valence electrons. The molecule has 6 nitrogen and oxygen atoms in total. The van der Waals surface area contributed by atoms with Gasteiger partial charge in [-0.1, -0.05) is 0 Å². The lowest BCUT2D eigenvalue weighted by Gasteiger charge is -2.26. The van der Waals surface area contributed by atoms with Gasteiger partial charge in [0.25, 0.3) is 0 Å². The first-order valence-electron chi connectivity index (χ1n) is 7.26. The van der Waals surface area contributed by atoms with Crippen molar-refractivity contribution in [2.75, 3.05) is 39.4 Å². The van der Waals surface area contributed by atoms with Gasteiger partial charge < -0.3 is 20.3 Å². The molecule has 1 rings (SSSR count). The Balaban J connectivity index is 2.07. The molecule has 2 N–H and O–H groups in total. The standard InChI is InChI=1S/C14H27N3O3/c1-14(2,3)16-7-4-12(18)15-6-5-13(19)17-8-10-20-11-9-17/h16H,4-11H2,1-3H3,(H,15,18). The summed E-state index contributed by atoms with van der Waals surface area (Å²) in [7, 11) is 0. The van der Waals surface area contributed by atoms with Crippen LogP contribution >= 0.6 is 0 Å². The summed E-state index contributed by atoms with van der Waals surface area (Å²) < 4.78 is 5.19. The summed E-state index contributed by atoms with van der Waals surface area (Å²) in [5, 5.41) is 6.03. The number of nitrogens with zero attached hydrogens (tertiary/aromatic N) is 1. The topological polar surface area (TPSA) is 70.7 Å². The van der Waals surface area contributed by atoms with Crippen LogP contribution in [0.15, 0.2) is 0 Å². The third kappa shape index (κ3) is 7.45. The quantitative estimate of drug-likeness (QED) is 0.728. The summed E-state index contributed by atoms with van der Waals surface area (Å²) in [5.74, 6) is 0.0675. The molecule has 2 amide bonds. The average molecular weight is 285 g/mol. The fourth-order valence-electron chi connectivity index (χ4n) is 1.92. The monoisotopic (exact) mass is 285 g/mol. The van der Waals surface area contributed by atoms with Crippen molar-refractivity contribution in [2.24, 2.45) is 0 Å². The van der Waals surface area contributed by atoms with Gasteiger partial charge in [-0.15, -0.1) is 0 Å². The molecule has 1 aliphatic rings. The Morgan fingerprint density at radius 3 is 2.35 bits per heavy atom. The normalized spacial score (nSPS) is 16.1. The van der Waals surface area contributed by atoms with Crippen LogP contribution in [0, 0.1) is 0 Å². The van der Waals surface area contributed by atoms with Crippen molar-refractivity contribution < 1.29 is 14.3 Å². The second-order valence-electron chi connectivity index (χ2n) is 6.02. The van der Waals surface area contributed by atoms with E-state index >= 15 is 0 Å². The minimum atomic E-state index is -0.0171. The first-order chi connectivity index (χ1) is 9.38. The minimum Gasteiger partial charge on any atom is -0.378 e. The molecule has 0 bridgehead atoms. The summed E-state index contributed by atoms with van der Waals surface area (Å²) in [5.41, 5.74) is 0.0204. The van der Waals surface area contributed by atoms with Gasteiger partial charge in [-0.25, -0.2) is 0 Å². The number of rotatable bonds is 6. The van der Waals surface area contributed by atoms with E-state index in [4.69, 9.17) is 4.74 Å². The molecule has 0 spiro atoms. The Hall–Kier alpha value is -1.14. The maximum atomic E-state index is 11.8. The van der Waals surface area contributed by atoms with Crippen molar-refractivity contribution in [3.8, 4) is 0 Å². The highest BCUT2D eigenvalue weighted by Gasteiger charge is 2.16. The molecule has 0 radical (unpaired) electrons. The fourth-order valence-corrected chi connectivity index (χ4v) is 1.92. The molecule has 0 aliphatic carbocycles. The van der Waals surface area contributed by atoms with E-state index in [9.17, 15) is 9.59 Å². The van der Waals surface area contributed by atoms with Gasteiger partial charge in [0.05, 0.1) is 13.2 Å². The van der Waals surface area contributed by atoms with Crippen LogP contribution in [0.25, 0.3) is 0 Å². The van der Waals surface area contributed by atoms with Crippen LogP contribution in [0.1, 0.15) is 33.6 Å². The highest BCUT2D eigenvalue weighted by molar-refractivity contribution is 5.79. The van der Waals surface area contributed by atoms with E-state index in [1.165, 1.54) is 0 Å². The number of nitrogens with one attached hydrogen (secondary N) is 2. The van der Waals surface area contributed by atoms with Crippen LogP contribution in [0.3, 0.4) is 0 Å². The highest BCUT2D eigenvalue weighted by atomic mass is 16.5. The van der Waals surface area contributed by atoms with Gasteiger partial charge >= 0.3 is 0 Å². The number of carbonyl (C=O) groups is 2. The number of ether oxygens (including phenoxy) is 1. The molecule has 0 unspecified atom stereocenters. The van der Waals surface area contributed by atoms with Crippen LogP contribution < -0.4 is 10.6 Å². The molecule has 0 atom stereocenters. The third-order valence-electron chi connectivity index (χ3n) is 3.03. The largest absolute Gasteiger partial charge is 0.378 e. The molecule has 1 aliphatic heterocycles. The van der Waals surface area contributed by atoms with E-state index in [1.54, 1.807) is 4.90 Å². The van der Waals surface area contributed by atoms with Crippen LogP contribution in [0.2, 0.25) is 0 Å². The smallest absolute Gasteiger partial charge is 0.224 e. The summed E-state index contributed by atoms with van der Waals surface area (Å²) in [4.78, 5) is 25.2. The van der Waals surface area contributed by atoms with Crippen LogP contribution in [-0.2, 0) is 14.3 Å². The first kappa shape index (κ1) is 16.9. The van der Waals surface area contributed by atoms with E-state index in [1.807, 2.05) is 0 Å². The minimum absolute atomic E-state index is 0.0171. The highest BCUT2D eigenvalue weighted by Crippen LogP contribution is 2.00. The summed E-state index contributed by atoms with van der Waals surface area (Å²) in [6, 6.07) is 0. The zero-order valence-electron chi connectivity index (χ0n) is 12.8. The number of morpholine rings is 1. The summed E-state index contributed by atoms with van der Waals surface area (Å²) in [6.45, 7) is 9.76. The van der Waals surface area contributed by atoms with Gasteiger partial charge in [0.2, 0.25) is 11.8 Å². The first-order valence-corrected chi connectivity index (χ1v) is 7.26. The van der Waals surface area contributed by atoms with Crippen molar-refractivity contribution >= 4 is 11.8 Å². The lowest BCUT2D eigenvalue weighted by molar-refractivity contribution is -0.135. The van der Waals surface area contributed by atoms with Crippen molar-refractivity contribution in [3.63, 3.8) is 0 Å². The van der Waals surface area contributed by atoms with Gasteiger partial charge in [-0.05, 0) is 20.8 Å². The fraction of sp³-hybridized carbons (Fsp3) is 0.857. The third-order valence-corrected chi connectivity index (χ3v) is 3.03. The zero-order valence-corrected chi connectivity index (χ0v) is 12.8. The molecule has 1 saturated heterocycles. The van der Waals surface area contributed by atoms with Crippen molar-refractivity contribution in [3.05, 3.63) is 0 Å². The van der Waals surface area contributed by atoms with Gasteiger partial charge in [0, 0.05) is 44.6 Å². The van der Waals surface area contributed by atoms with Gasteiger partial charge in [0.1, 0.15) is 0 Å². The molecule has 0 saturated carbocycles. The molecule has 0 aromatic rings. The van der Waals surface area contributed by atoms with Crippen LogP contribution in [0.4, 0.5) is 0 Å². The van der Waals surface area contributed by atoms with Crippen molar-refractivity contribution in [2.45, 2.75) is 39.2 Å². The molecular formula is C14H27N3O3. The molecule has 0 aromatic carbocycles. The predicted octanol–water partition coefficient (Wildman–Crippen LogP) is 0.130. The molecule has 1 fully saturated rings. The molecule has 6 heteroatoms. The average Bonchev–Trinajstić information content (AvgIpc) is 2.38. The number of carbonyl (C=O) groups excluding carboxylic acids is 2. The summed E-state index contributed by atoms with van der Waals surface area (Å²) >= 11 is 0. The van der Waals surface area contributed by atoms with Crippen molar-refractivity contribution in [1.82, 2.24) is 15.5 Å². The Morgan fingerprint density at radius 2 is 1.75 bits per heavy atom. The van der Waals surface area contributed by atoms with E-state index in [-0.39, 0.29) is 17.4 Å². The number of amides is 2. The molecule has 1 heterocycles. The predicted molar refractivity (Wildman–Crippen MR) is 77.4 cm³/mol. The van der Waals surface area contributed by atoms with Crippen LogP contribution in [0.5, 0.6) is 0 Å². The zero-order chi connectivity index (χ0) is 15.0. The van der Waals surface area contributed by atoms with E-state index in [0.29, 0.717) is 52.2 Å². The van der Waals surface area contributed by atoms with E-state index < -0.39 is 0 Å². The number of hydrogen-bond acceptors (Lipinski definition) is 4. The van der Waals surface area contributed by atoms with Gasteiger partial charge in [-0.2, -0.15) is 0 Å². The summed E-state index contributed by atoms with van der Waals surface area (Å²) in [6.07, 6.45) is 0.793. The van der Waals surface area contributed by atoms with E-state index in [0.717, 1.165) is 0 Å². The Morgan fingerprint density at radius 1 is 1.10 bits per heavy atom. The van der Waals surface area contributed by atoms with Crippen LogP contribution in [-0.4, -0.2) is 61.6 Å². The maximum absolute atomic E-state index is 11.8. The lowest BCUT2D eigenvalue weighted by atomic mass is 10.1. The molecule has 20 heavy (non-hydrogen) atoms. The number of hydrogen-bond donors (Lipinski definition) is 2.